The van der Waals surface area contributed by atoms with E-state index in [1.54, 1.807) is 11.8 Å². The molecule has 0 unspecified atom stereocenters. The largest absolute Gasteiger partial charge is 0.378 e. The number of hydrogen-bond acceptors (Lipinski definition) is 3. The van der Waals surface area contributed by atoms with Crippen LogP contribution in [0.3, 0.4) is 0 Å². The number of benzene rings is 2. The van der Waals surface area contributed by atoms with Crippen LogP contribution in [0.5, 0.6) is 0 Å². The third kappa shape index (κ3) is 5.32. The van der Waals surface area contributed by atoms with Crippen LogP contribution in [0.25, 0.3) is 0 Å². The van der Waals surface area contributed by atoms with E-state index in [4.69, 9.17) is 0 Å². The molecule has 0 aromatic heterocycles. The van der Waals surface area contributed by atoms with Gasteiger partial charge < -0.3 is 10.2 Å². The summed E-state index contributed by atoms with van der Waals surface area (Å²) >= 11 is 1.57. The van der Waals surface area contributed by atoms with Gasteiger partial charge in [0.05, 0.1) is 5.75 Å². The average Bonchev–Trinajstić information content (AvgIpc) is 2.54. The molecule has 0 saturated heterocycles. The van der Waals surface area contributed by atoms with Gasteiger partial charge in [0.25, 0.3) is 0 Å². The summed E-state index contributed by atoms with van der Waals surface area (Å²) in [6, 6.07) is 14.5. The molecule has 0 atom stereocenters. The Morgan fingerprint density at radius 2 is 1.74 bits per heavy atom. The van der Waals surface area contributed by atoms with Gasteiger partial charge in [0, 0.05) is 31.2 Å². The van der Waals surface area contributed by atoms with Crippen LogP contribution in [0.1, 0.15) is 16.7 Å². The average molecular weight is 328 g/mol. The van der Waals surface area contributed by atoms with Crippen LogP contribution in [0.4, 0.5) is 5.69 Å². The Bertz CT molecular complexity index is 666. The Morgan fingerprint density at radius 3 is 2.35 bits per heavy atom. The van der Waals surface area contributed by atoms with Gasteiger partial charge in [0.2, 0.25) is 5.91 Å². The molecule has 1 amide bonds. The smallest absolute Gasteiger partial charge is 0.230 e. The first kappa shape index (κ1) is 17.4. The number of nitrogens with one attached hydrogen (secondary N) is 1. The fourth-order valence-electron chi connectivity index (χ4n) is 2.12. The molecule has 0 bridgehead atoms. The molecule has 23 heavy (non-hydrogen) atoms. The van der Waals surface area contributed by atoms with E-state index in [9.17, 15) is 4.79 Å². The lowest BCUT2D eigenvalue weighted by Gasteiger charge is -2.13. The van der Waals surface area contributed by atoms with Gasteiger partial charge in [-0.05, 0) is 54.8 Å². The normalized spacial score (nSPS) is 10.4. The van der Waals surface area contributed by atoms with Crippen molar-refractivity contribution in [2.45, 2.75) is 25.3 Å². The summed E-state index contributed by atoms with van der Waals surface area (Å²) < 4.78 is 0. The van der Waals surface area contributed by atoms with Gasteiger partial charge in [-0.1, -0.05) is 18.2 Å². The monoisotopic (exact) mass is 328 g/mol. The second-order valence-corrected chi connectivity index (χ2v) is 6.92. The van der Waals surface area contributed by atoms with Crippen molar-refractivity contribution in [1.29, 1.82) is 0 Å². The maximum atomic E-state index is 12.0. The van der Waals surface area contributed by atoms with Crippen LogP contribution in [0, 0.1) is 13.8 Å². The van der Waals surface area contributed by atoms with Crippen molar-refractivity contribution in [2.24, 2.45) is 0 Å². The van der Waals surface area contributed by atoms with Crippen molar-refractivity contribution in [3.63, 3.8) is 0 Å². The molecule has 2 rings (SSSR count). The van der Waals surface area contributed by atoms with E-state index >= 15 is 0 Å². The topological polar surface area (TPSA) is 32.3 Å². The minimum absolute atomic E-state index is 0.0601. The zero-order valence-electron chi connectivity index (χ0n) is 14.2. The number of aryl methyl sites for hydroxylation is 2. The molecule has 122 valence electrons. The molecule has 0 aliphatic heterocycles. The van der Waals surface area contributed by atoms with E-state index in [2.05, 4.69) is 54.4 Å². The molecule has 0 fully saturated rings. The Labute approximate surface area is 143 Å². The third-order valence-electron chi connectivity index (χ3n) is 3.79. The van der Waals surface area contributed by atoms with Gasteiger partial charge in [-0.3, -0.25) is 4.79 Å². The SMILES string of the molecule is Cc1ccc(SCC(=O)NCc2ccc(N(C)C)cc2)cc1C. The highest BCUT2D eigenvalue weighted by molar-refractivity contribution is 8.00. The first-order valence-corrected chi connectivity index (χ1v) is 8.67. The van der Waals surface area contributed by atoms with Crippen molar-refractivity contribution in [3.05, 3.63) is 59.2 Å². The first-order chi connectivity index (χ1) is 11.0. The molecule has 1 N–H and O–H groups in total. The van der Waals surface area contributed by atoms with Crippen LogP contribution in [-0.4, -0.2) is 25.8 Å². The molecule has 0 heterocycles. The molecule has 0 radical (unpaired) electrons. The van der Waals surface area contributed by atoms with E-state index in [1.165, 1.54) is 11.1 Å². The van der Waals surface area contributed by atoms with E-state index in [1.807, 2.05) is 26.2 Å². The number of thioether (sulfide) groups is 1. The summed E-state index contributed by atoms with van der Waals surface area (Å²) in [6.45, 7) is 4.76. The van der Waals surface area contributed by atoms with Crippen molar-refractivity contribution in [1.82, 2.24) is 5.32 Å². The predicted molar refractivity (Wildman–Crippen MR) is 99.3 cm³/mol. The standard InChI is InChI=1S/C19H24N2OS/c1-14-5-10-18(11-15(14)2)23-13-19(22)20-12-16-6-8-17(9-7-16)21(3)4/h5-11H,12-13H2,1-4H3,(H,20,22). The maximum absolute atomic E-state index is 12.0. The lowest BCUT2D eigenvalue weighted by molar-refractivity contribution is -0.118. The molecule has 2 aromatic rings. The zero-order chi connectivity index (χ0) is 16.8. The van der Waals surface area contributed by atoms with Gasteiger partial charge in [0.15, 0.2) is 0 Å². The number of nitrogens with zero attached hydrogens (tertiary/aromatic N) is 1. The number of rotatable bonds is 6. The van der Waals surface area contributed by atoms with Crippen LogP contribution in [0.2, 0.25) is 0 Å². The summed E-state index contributed by atoms with van der Waals surface area (Å²) in [7, 11) is 4.03. The summed E-state index contributed by atoms with van der Waals surface area (Å²) in [5, 5.41) is 2.97. The summed E-state index contributed by atoms with van der Waals surface area (Å²) in [6.07, 6.45) is 0. The maximum Gasteiger partial charge on any atom is 0.230 e. The Balaban J connectivity index is 1.79. The Hall–Kier alpha value is -1.94. The number of carbonyl (C=O) groups excluding carboxylic acids is 1. The van der Waals surface area contributed by atoms with Gasteiger partial charge in [-0.25, -0.2) is 0 Å². The van der Waals surface area contributed by atoms with Crippen LogP contribution >= 0.6 is 11.8 Å². The van der Waals surface area contributed by atoms with Crippen molar-refractivity contribution < 1.29 is 4.79 Å². The number of anilines is 1. The van der Waals surface area contributed by atoms with Gasteiger partial charge in [0.1, 0.15) is 0 Å². The summed E-state index contributed by atoms with van der Waals surface area (Å²) in [5.74, 6) is 0.503. The molecule has 3 nitrogen and oxygen atoms in total. The van der Waals surface area contributed by atoms with Gasteiger partial charge in [-0.2, -0.15) is 0 Å². The second-order valence-electron chi connectivity index (χ2n) is 5.87. The number of hydrogen-bond donors (Lipinski definition) is 1. The Kier molecular flexibility index (Phi) is 6.11. The highest BCUT2D eigenvalue weighted by Gasteiger charge is 2.04. The van der Waals surface area contributed by atoms with Crippen molar-refractivity contribution in [3.8, 4) is 0 Å². The molecule has 4 heteroatoms. The molecule has 0 aliphatic rings. The van der Waals surface area contributed by atoms with Gasteiger partial charge in [-0.15, -0.1) is 11.8 Å². The van der Waals surface area contributed by atoms with E-state index in [0.717, 1.165) is 16.1 Å². The van der Waals surface area contributed by atoms with Crippen LogP contribution in [-0.2, 0) is 11.3 Å². The minimum atomic E-state index is 0.0601. The van der Waals surface area contributed by atoms with Crippen molar-refractivity contribution in [2.75, 3.05) is 24.7 Å². The zero-order valence-corrected chi connectivity index (χ0v) is 15.0. The van der Waals surface area contributed by atoms with E-state index in [-0.39, 0.29) is 5.91 Å². The minimum Gasteiger partial charge on any atom is -0.378 e. The van der Waals surface area contributed by atoms with Crippen LogP contribution < -0.4 is 10.2 Å². The fourth-order valence-corrected chi connectivity index (χ4v) is 2.94. The number of amides is 1. The quantitative estimate of drug-likeness (QED) is 0.819. The van der Waals surface area contributed by atoms with Crippen LogP contribution in [0.15, 0.2) is 47.4 Å². The second kappa shape index (κ2) is 8.06. The lowest BCUT2D eigenvalue weighted by atomic mass is 10.1. The molecule has 0 saturated carbocycles. The lowest BCUT2D eigenvalue weighted by Crippen LogP contribution is -2.24. The molecular formula is C19H24N2OS. The van der Waals surface area contributed by atoms with E-state index in [0.29, 0.717) is 12.3 Å². The van der Waals surface area contributed by atoms with Crippen molar-refractivity contribution >= 4 is 23.4 Å². The third-order valence-corrected chi connectivity index (χ3v) is 4.78. The summed E-state index contributed by atoms with van der Waals surface area (Å²) in [4.78, 5) is 15.2. The van der Waals surface area contributed by atoms with E-state index < -0.39 is 0 Å². The highest BCUT2D eigenvalue weighted by Crippen LogP contribution is 2.20. The highest BCUT2D eigenvalue weighted by atomic mass is 32.2. The molecular weight excluding hydrogens is 304 g/mol. The fraction of sp³-hybridized carbons (Fsp3) is 0.316. The predicted octanol–water partition coefficient (Wildman–Crippen LogP) is 3.78. The molecule has 0 spiro atoms. The summed E-state index contributed by atoms with van der Waals surface area (Å²) in [5.41, 5.74) is 4.81. The Morgan fingerprint density at radius 1 is 1.04 bits per heavy atom. The number of carbonyl (C=O) groups is 1. The first-order valence-electron chi connectivity index (χ1n) is 7.69. The molecule has 2 aromatic carbocycles. The molecule has 0 aliphatic carbocycles. The van der Waals surface area contributed by atoms with Gasteiger partial charge >= 0.3 is 0 Å².